The van der Waals surface area contributed by atoms with Crippen molar-refractivity contribution in [3.63, 3.8) is 0 Å². The molecule has 1 saturated heterocycles. The Bertz CT molecular complexity index is 1280. The first-order valence-corrected chi connectivity index (χ1v) is 10.8. The molecule has 0 saturated carbocycles. The maximum Gasteiger partial charge on any atom is 0.416 e. The lowest BCUT2D eigenvalue weighted by molar-refractivity contribution is -0.137. The highest BCUT2D eigenvalue weighted by molar-refractivity contribution is 6.51. The molecular weight excluding hydrogens is 463 g/mol. The van der Waals surface area contributed by atoms with Crippen LogP contribution < -0.4 is 9.64 Å². The van der Waals surface area contributed by atoms with Gasteiger partial charge < -0.3 is 14.3 Å². The van der Waals surface area contributed by atoms with Gasteiger partial charge in [-0.15, -0.1) is 0 Å². The number of halogens is 3. The Morgan fingerprint density at radius 1 is 1.09 bits per heavy atom. The quantitative estimate of drug-likeness (QED) is 0.265. The summed E-state index contributed by atoms with van der Waals surface area (Å²) in [6, 6.07) is 12.2. The van der Waals surface area contributed by atoms with Crippen molar-refractivity contribution in [3.05, 3.63) is 89.4 Å². The summed E-state index contributed by atoms with van der Waals surface area (Å²) in [5, 5.41) is 11.1. The Kier molecular flexibility index (Phi) is 6.43. The maximum atomic E-state index is 13.3. The molecule has 3 aromatic rings. The van der Waals surface area contributed by atoms with Crippen molar-refractivity contribution < 1.29 is 37.0 Å². The molecule has 2 heterocycles. The lowest BCUT2D eigenvalue weighted by Gasteiger charge is -2.24. The van der Waals surface area contributed by atoms with Crippen LogP contribution in [0.5, 0.6) is 5.75 Å². The van der Waals surface area contributed by atoms with E-state index in [2.05, 4.69) is 0 Å². The van der Waals surface area contributed by atoms with Crippen LogP contribution in [0.4, 0.5) is 18.9 Å². The third-order valence-corrected chi connectivity index (χ3v) is 5.40. The molecule has 35 heavy (non-hydrogen) atoms. The van der Waals surface area contributed by atoms with Gasteiger partial charge in [0.15, 0.2) is 0 Å². The van der Waals surface area contributed by atoms with Gasteiger partial charge in [0, 0.05) is 11.3 Å². The van der Waals surface area contributed by atoms with Gasteiger partial charge in [-0.3, -0.25) is 14.5 Å². The fraction of sp³-hybridized carbons (Fsp3) is 0.231. The van der Waals surface area contributed by atoms with Gasteiger partial charge in [-0.25, -0.2) is 0 Å². The van der Waals surface area contributed by atoms with Crippen LogP contribution in [0.25, 0.3) is 5.76 Å². The van der Waals surface area contributed by atoms with E-state index in [4.69, 9.17) is 9.15 Å². The van der Waals surface area contributed by atoms with Crippen LogP contribution >= 0.6 is 0 Å². The third-order valence-electron chi connectivity index (χ3n) is 5.40. The van der Waals surface area contributed by atoms with Gasteiger partial charge in [-0.1, -0.05) is 32.0 Å². The lowest BCUT2D eigenvalue weighted by Crippen LogP contribution is -2.29. The molecule has 0 radical (unpaired) electrons. The molecule has 1 N–H and O–H groups in total. The van der Waals surface area contributed by atoms with E-state index in [1.54, 1.807) is 12.1 Å². The molecule has 1 fully saturated rings. The van der Waals surface area contributed by atoms with Gasteiger partial charge in [-0.2, -0.15) is 13.2 Å². The van der Waals surface area contributed by atoms with Crippen LogP contribution in [0, 0.1) is 5.92 Å². The highest BCUT2D eigenvalue weighted by Gasteiger charge is 2.48. The molecule has 182 valence electrons. The summed E-state index contributed by atoms with van der Waals surface area (Å²) in [4.78, 5) is 27.0. The number of anilines is 1. The number of aliphatic hydroxyl groups is 1. The number of benzene rings is 2. The summed E-state index contributed by atoms with van der Waals surface area (Å²) in [5.41, 5.74) is -1.23. The van der Waals surface area contributed by atoms with Crippen LogP contribution in [-0.2, 0) is 15.8 Å². The number of carbonyl (C=O) groups is 2. The van der Waals surface area contributed by atoms with Crippen molar-refractivity contribution in [1.82, 2.24) is 0 Å². The Balaban J connectivity index is 1.84. The molecule has 1 unspecified atom stereocenters. The SMILES string of the molecule is CC(C)COc1cccc(/C(O)=C2/C(=O)C(=O)N(c3cccc(C(F)(F)F)c3)C2c2ccco2)c1. The Labute approximate surface area is 199 Å². The standard InChI is InChI=1S/C26H22F3NO5/c1-15(2)14-35-19-9-3-6-16(12-19)23(31)21-22(20-10-5-11-34-20)30(25(33)24(21)32)18-8-4-7-17(13-18)26(27,28)29/h3-13,15,22,31H,14H2,1-2H3/b23-21-. The smallest absolute Gasteiger partial charge is 0.416 e. The fourth-order valence-corrected chi connectivity index (χ4v) is 3.80. The number of nitrogens with zero attached hydrogens (tertiary/aromatic N) is 1. The van der Waals surface area contributed by atoms with Crippen LogP contribution in [0.2, 0.25) is 0 Å². The lowest BCUT2D eigenvalue weighted by atomic mass is 9.99. The van der Waals surface area contributed by atoms with Crippen molar-refractivity contribution in [3.8, 4) is 5.75 Å². The van der Waals surface area contributed by atoms with Crippen LogP contribution in [0.3, 0.4) is 0 Å². The first-order chi connectivity index (χ1) is 16.6. The van der Waals surface area contributed by atoms with Gasteiger partial charge in [0.1, 0.15) is 23.3 Å². The third kappa shape index (κ3) is 4.80. The minimum atomic E-state index is -4.65. The summed E-state index contributed by atoms with van der Waals surface area (Å²) in [6.45, 7) is 4.38. The number of furan rings is 1. The molecule has 1 atom stereocenters. The molecule has 2 aromatic carbocycles. The number of carbonyl (C=O) groups excluding carboxylic acids is 2. The molecule has 1 aliphatic heterocycles. The van der Waals surface area contributed by atoms with E-state index in [1.807, 2.05) is 13.8 Å². The molecule has 0 spiro atoms. The zero-order valence-electron chi connectivity index (χ0n) is 18.9. The summed E-state index contributed by atoms with van der Waals surface area (Å²) >= 11 is 0. The van der Waals surface area contributed by atoms with E-state index in [0.29, 0.717) is 12.4 Å². The summed E-state index contributed by atoms with van der Waals surface area (Å²) in [7, 11) is 0. The summed E-state index contributed by atoms with van der Waals surface area (Å²) in [5.74, 6) is -1.81. The Hall–Kier alpha value is -4.01. The van der Waals surface area contributed by atoms with Crippen molar-refractivity contribution in [2.75, 3.05) is 11.5 Å². The second kappa shape index (κ2) is 9.32. The summed E-state index contributed by atoms with van der Waals surface area (Å²) in [6.07, 6.45) is -3.35. The average molecular weight is 485 g/mol. The molecule has 1 aliphatic rings. The van der Waals surface area contributed by atoms with E-state index < -0.39 is 35.2 Å². The zero-order chi connectivity index (χ0) is 25.3. The Morgan fingerprint density at radius 2 is 1.83 bits per heavy atom. The van der Waals surface area contributed by atoms with E-state index in [-0.39, 0.29) is 28.5 Å². The number of alkyl halides is 3. The van der Waals surface area contributed by atoms with Crippen molar-refractivity contribution in [1.29, 1.82) is 0 Å². The molecule has 6 nitrogen and oxygen atoms in total. The molecule has 1 amide bonds. The number of ether oxygens (including phenoxy) is 1. The van der Waals surface area contributed by atoms with Gasteiger partial charge in [-0.05, 0) is 48.4 Å². The van der Waals surface area contributed by atoms with Gasteiger partial charge in [0.2, 0.25) is 0 Å². The van der Waals surface area contributed by atoms with Gasteiger partial charge in [0.25, 0.3) is 11.7 Å². The van der Waals surface area contributed by atoms with Crippen LogP contribution in [-0.4, -0.2) is 23.4 Å². The maximum absolute atomic E-state index is 13.3. The number of ketones is 1. The highest BCUT2D eigenvalue weighted by atomic mass is 19.4. The molecule has 4 rings (SSSR count). The average Bonchev–Trinajstić information content (AvgIpc) is 3.44. The normalized spacial score (nSPS) is 17.9. The van der Waals surface area contributed by atoms with Crippen molar-refractivity contribution >= 4 is 23.1 Å². The van der Waals surface area contributed by atoms with E-state index in [9.17, 15) is 27.9 Å². The molecule has 1 aromatic heterocycles. The number of Topliss-reactive ketones (excluding diaryl/α,β-unsaturated/α-hetero) is 1. The number of hydrogen-bond donors (Lipinski definition) is 1. The van der Waals surface area contributed by atoms with E-state index in [0.717, 1.165) is 23.1 Å². The molecule has 0 bridgehead atoms. The molecule has 0 aliphatic carbocycles. The number of rotatable bonds is 6. The molecule has 9 heteroatoms. The predicted molar refractivity (Wildman–Crippen MR) is 122 cm³/mol. The number of hydrogen-bond acceptors (Lipinski definition) is 5. The monoisotopic (exact) mass is 485 g/mol. The first-order valence-electron chi connectivity index (χ1n) is 10.8. The predicted octanol–water partition coefficient (Wildman–Crippen LogP) is 5.96. The fourth-order valence-electron chi connectivity index (χ4n) is 3.80. The highest BCUT2D eigenvalue weighted by Crippen LogP contribution is 2.43. The van der Waals surface area contributed by atoms with E-state index in [1.165, 1.54) is 36.6 Å². The number of amides is 1. The topological polar surface area (TPSA) is 80.0 Å². The minimum absolute atomic E-state index is 0.107. The number of aliphatic hydroxyl groups excluding tert-OH is 1. The minimum Gasteiger partial charge on any atom is -0.507 e. The summed E-state index contributed by atoms with van der Waals surface area (Å²) < 4.78 is 51.1. The Morgan fingerprint density at radius 3 is 2.49 bits per heavy atom. The molecular formula is C26H22F3NO5. The largest absolute Gasteiger partial charge is 0.507 e. The second-order valence-electron chi connectivity index (χ2n) is 8.47. The van der Waals surface area contributed by atoms with Crippen LogP contribution in [0.1, 0.15) is 36.8 Å². The van der Waals surface area contributed by atoms with Gasteiger partial charge >= 0.3 is 6.18 Å². The van der Waals surface area contributed by atoms with Crippen LogP contribution in [0.15, 0.2) is 76.9 Å². The van der Waals surface area contributed by atoms with E-state index >= 15 is 0 Å². The van der Waals surface area contributed by atoms with Crippen molar-refractivity contribution in [2.24, 2.45) is 5.92 Å². The second-order valence-corrected chi connectivity index (χ2v) is 8.47. The zero-order valence-corrected chi connectivity index (χ0v) is 18.9. The van der Waals surface area contributed by atoms with Crippen molar-refractivity contribution in [2.45, 2.75) is 26.1 Å². The van der Waals surface area contributed by atoms with Gasteiger partial charge in [0.05, 0.1) is 24.0 Å². The first kappa shape index (κ1) is 24.1.